The molecular weight excluding hydrogens is 332 g/mol. The second-order valence-corrected chi connectivity index (χ2v) is 8.38. The maximum atomic E-state index is 12.2. The lowest BCUT2D eigenvalue weighted by Gasteiger charge is -2.07. The first-order chi connectivity index (χ1) is 11.0. The zero-order valence-electron chi connectivity index (χ0n) is 12.5. The number of rotatable bonds is 7. The Bertz CT molecular complexity index is 764. The van der Waals surface area contributed by atoms with E-state index >= 15 is 0 Å². The first-order valence-electron chi connectivity index (χ1n) is 7.45. The van der Waals surface area contributed by atoms with Crippen molar-refractivity contribution in [3.63, 3.8) is 0 Å². The van der Waals surface area contributed by atoms with E-state index in [1.54, 1.807) is 12.1 Å². The van der Waals surface area contributed by atoms with Gasteiger partial charge in [0.25, 0.3) is 5.91 Å². The molecule has 0 aliphatic heterocycles. The number of benzene rings is 1. The fraction of sp³-hybridized carbons (Fsp3) is 0.312. The Morgan fingerprint density at radius 3 is 2.52 bits per heavy atom. The summed E-state index contributed by atoms with van der Waals surface area (Å²) in [6.07, 6.45) is 2.35. The van der Waals surface area contributed by atoms with E-state index in [2.05, 4.69) is 10.0 Å². The summed E-state index contributed by atoms with van der Waals surface area (Å²) in [6, 6.07) is 9.76. The summed E-state index contributed by atoms with van der Waals surface area (Å²) in [5, 5.41) is 4.76. The monoisotopic (exact) mass is 350 g/mol. The first-order valence-corrected chi connectivity index (χ1v) is 9.81. The molecule has 1 saturated carbocycles. The van der Waals surface area contributed by atoms with Crippen LogP contribution < -0.4 is 10.0 Å². The molecule has 1 fully saturated rings. The molecule has 1 aromatic heterocycles. The smallest absolute Gasteiger partial charge is 0.251 e. The Balaban J connectivity index is 1.61. The average molecular weight is 350 g/mol. The van der Waals surface area contributed by atoms with Crippen molar-refractivity contribution in [3.05, 3.63) is 52.2 Å². The summed E-state index contributed by atoms with van der Waals surface area (Å²) < 4.78 is 27.0. The van der Waals surface area contributed by atoms with Gasteiger partial charge in [-0.2, -0.15) is 0 Å². The average Bonchev–Trinajstić information content (AvgIpc) is 3.24. The minimum Gasteiger partial charge on any atom is -0.352 e. The third-order valence-electron chi connectivity index (χ3n) is 3.69. The van der Waals surface area contributed by atoms with Crippen molar-refractivity contribution >= 4 is 27.3 Å². The molecule has 1 aliphatic carbocycles. The highest BCUT2D eigenvalue weighted by molar-refractivity contribution is 7.89. The number of carbonyl (C=O) groups is 1. The lowest BCUT2D eigenvalue weighted by Crippen LogP contribution is -2.26. The predicted molar refractivity (Wildman–Crippen MR) is 89.8 cm³/mol. The van der Waals surface area contributed by atoms with Gasteiger partial charge in [0.05, 0.1) is 4.90 Å². The molecule has 0 atom stereocenters. The molecule has 2 N–H and O–H groups in total. The van der Waals surface area contributed by atoms with Gasteiger partial charge in [-0.1, -0.05) is 6.07 Å². The number of sulfonamides is 1. The van der Waals surface area contributed by atoms with E-state index in [0.29, 0.717) is 18.0 Å². The Morgan fingerprint density at radius 2 is 1.91 bits per heavy atom. The normalized spacial score (nSPS) is 14.6. The van der Waals surface area contributed by atoms with Gasteiger partial charge in [0, 0.05) is 23.5 Å². The van der Waals surface area contributed by atoms with Crippen molar-refractivity contribution in [2.75, 3.05) is 6.54 Å². The van der Waals surface area contributed by atoms with Gasteiger partial charge in [-0.15, -0.1) is 11.3 Å². The molecule has 0 radical (unpaired) electrons. The number of thiophene rings is 1. The van der Waals surface area contributed by atoms with Crippen LogP contribution in [0.1, 0.15) is 28.1 Å². The minimum absolute atomic E-state index is 0.160. The third-order valence-corrected chi connectivity index (χ3v) is 5.99. The molecule has 0 unspecified atom stereocenters. The van der Waals surface area contributed by atoms with Crippen LogP contribution in [0.2, 0.25) is 0 Å². The summed E-state index contributed by atoms with van der Waals surface area (Å²) in [5.74, 6) is 0.451. The van der Waals surface area contributed by atoms with Crippen LogP contribution in [0.3, 0.4) is 0 Å². The van der Waals surface area contributed by atoms with Crippen molar-refractivity contribution in [2.24, 2.45) is 5.92 Å². The van der Waals surface area contributed by atoms with E-state index in [0.717, 1.165) is 4.88 Å². The molecule has 122 valence electrons. The van der Waals surface area contributed by atoms with Crippen LogP contribution in [0.15, 0.2) is 46.7 Å². The van der Waals surface area contributed by atoms with Gasteiger partial charge < -0.3 is 5.32 Å². The number of nitrogens with one attached hydrogen (secondary N) is 2. The molecule has 0 saturated heterocycles. The van der Waals surface area contributed by atoms with Crippen LogP contribution >= 0.6 is 11.3 Å². The minimum atomic E-state index is -3.57. The fourth-order valence-electron chi connectivity index (χ4n) is 2.11. The maximum absolute atomic E-state index is 12.2. The van der Waals surface area contributed by atoms with Gasteiger partial charge in [0.2, 0.25) is 10.0 Å². The maximum Gasteiger partial charge on any atom is 0.251 e. The van der Waals surface area contributed by atoms with Crippen LogP contribution in [-0.4, -0.2) is 20.9 Å². The highest BCUT2D eigenvalue weighted by Gasteiger charge is 2.22. The van der Waals surface area contributed by atoms with Crippen molar-refractivity contribution in [1.29, 1.82) is 0 Å². The molecule has 23 heavy (non-hydrogen) atoms. The Labute approximate surface area is 139 Å². The van der Waals surface area contributed by atoms with Crippen molar-refractivity contribution in [2.45, 2.75) is 24.3 Å². The summed E-state index contributed by atoms with van der Waals surface area (Å²) in [7, 11) is -3.57. The SMILES string of the molecule is O=C(NCC1CC1)c1ccc(S(=O)(=O)NCc2cccs2)cc1. The van der Waals surface area contributed by atoms with E-state index in [4.69, 9.17) is 0 Å². The van der Waals surface area contributed by atoms with E-state index in [1.165, 1.54) is 36.3 Å². The number of hydrogen-bond donors (Lipinski definition) is 2. The zero-order valence-corrected chi connectivity index (χ0v) is 14.1. The number of carbonyl (C=O) groups excluding carboxylic acids is 1. The molecule has 1 aromatic carbocycles. The molecule has 5 nitrogen and oxygen atoms in total. The highest BCUT2D eigenvalue weighted by Crippen LogP contribution is 2.27. The zero-order chi connectivity index (χ0) is 16.3. The summed E-state index contributed by atoms with van der Waals surface area (Å²) in [6.45, 7) is 0.963. The van der Waals surface area contributed by atoms with Gasteiger partial charge in [-0.25, -0.2) is 13.1 Å². The van der Waals surface area contributed by atoms with Crippen molar-refractivity contribution in [1.82, 2.24) is 10.0 Å². The summed E-state index contributed by atoms with van der Waals surface area (Å²) in [4.78, 5) is 13.1. The van der Waals surface area contributed by atoms with Gasteiger partial charge >= 0.3 is 0 Å². The largest absolute Gasteiger partial charge is 0.352 e. The summed E-state index contributed by atoms with van der Waals surface area (Å²) in [5.41, 5.74) is 0.475. The third kappa shape index (κ3) is 4.40. The Morgan fingerprint density at radius 1 is 1.17 bits per heavy atom. The molecule has 1 amide bonds. The summed E-state index contributed by atoms with van der Waals surface area (Å²) >= 11 is 1.50. The molecular formula is C16H18N2O3S2. The second kappa shape index (κ2) is 6.82. The predicted octanol–water partition coefficient (Wildman–Crippen LogP) is 2.37. The molecule has 1 aliphatic rings. The fourth-order valence-corrected chi connectivity index (χ4v) is 3.85. The van der Waals surface area contributed by atoms with E-state index in [1.807, 2.05) is 17.5 Å². The molecule has 2 aromatic rings. The lowest BCUT2D eigenvalue weighted by molar-refractivity contribution is 0.0951. The molecule has 0 bridgehead atoms. The van der Waals surface area contributed by atoms with Gasteiger partial charge in [0.15, 0.2) is 0 Å². The number of hydrogen-bond acceptors (Lipinski definition) is 4. The van der Waals surface area contributed by atoms with Crippen LogP contribution in [0.4, 0.5) is 0 Å². The molecule has 3 rings (SSSR count). The highest BCUT2D eigenvalue weighted by atomic mass is 32.2. The number of amides is 1. The molecule has 7 heteroatoms. The lowest BCUT2D eigenvalue weighted by atomic mass is 10.2. The molecule has 1 heterocycles. The Hall–Kier alpha value is -1.70. The van der Waals surface area contributed by atoms with Gasteiger partial charge in [-0.05, 0) is 54.5 Å². The van der Waals surface area contributed by atoms with Gasteiger partial charge in [-0.3, -0.25) is 4.79 Å². The van der Waals surface area contributed by atoms with Crippen LogP contribution in [-0.2, 0) is 16.6 Å². The van der Waals surface area contributed by atoms with E-state index < -0.39 is 10.0 Å². The standard InChI is InChI=1S/C16H18N2O3S2/c19-16(17-10-12-3-4-12)13-5-7-15(8-6-13)23(20,21)18-11-14-2-1-9-22-14/h1-2,5-9,12,18H,3-4,10-11H2,(H,17,19). The van der Waals surface area contributed by atoms with E-state index in [9.17, 15) is 13.2 Å². The Kier molecular flexibility index (Phi) is 4.79. The van der Waals surface area contributed by atoms with Gasteiger partial charge in [0.1, 0.15) is 0 Å². The quantitative estimate of drug-likeness (QED) is 0.805. The van der Waals surface area contributed by atoms with Crippen molar-refractivity contribution < 1.29 is 13.2 Å². The molecule has 0 spiro atoms. The first kappa shape index (κ1) is 16.2. The van der Waals surface area contributed by atoms with Crippen molar-refractivity contribution in [3.8, 4) is 0 Å². The van der Waals surface area contributed by atoms with Crippen LogP contribution in [0.5, 0.6) is 0 Å². The van der Waals surface area contributed by atoms with Crippen LogP contribution in [0.25, 0.3) is 0 Å². The van der Waals surface area contributed by atoms with E-state index in [-0.39, 0.29) is 17.3 Å². The topological polar surface area (TPSA) is 75.3 Å². The second-order valence-electron chi connectivity index (χ2n) is 5.58. The van der Waals surface area contributed by atoms with Crippen LogP contribution in [0, 0.1) is 5.92 Å².